The van der Waals surface area contributed by atoms with E-state index < -0.39 is 0 Å². The number of halogens is 1. The number of hydrogen-bond donors (Lipinski definition) is 0. The Balaban J connectivity index is 2.55. The first kappa shape index (κ1) is 13.1. The van der Waals surface area contributed by atoms with Crippen LogP contribution in [0.25, 0.3) is 10.8 Å². The number of carbonyl (C=O) groups excluding carboxylic acids is 1. The Morgan fingerprint density at radius 1 is 1.22 bits per heavy atom. The van der Waals surface area contributed by atoms with E-state index in [0.29, 0.717) is 6.54 Å². The molecule has 3 heteroatoms. The molecule has 94 valence electrons. The maximum Gasteiger partial charge on any atom is 0.240 e. The summed E-state index contributed by atoms with van der Waals surface area (Å²) in [4.78, 5) is 13.8. The average molecular weight is 306 g/mol. The Hall–Kier alpha value is -1.35. The number of carbonyl (C=O) groups is 1. The zero-order chi connectivity index (χ0) is 13.1. The van der Waals surface area contributed by atoms with Crippen LogP contribution in [-0.2, 0) is 4.79 Å². The summed E-state index contributed by atoms with van der Waals surface area (Å²) >= 11 is 3.35. The maximum absolute atomic E-state index is 12.2. The molecule has 0 aromatic heterocycles. The average Bonchev–Trinajstić information content (AvgIpc) is 2.39. The molecule has 0 spiro atoms. The van der Waals surface area contributed by atoms with Gasteiger partial charge in [-0.25, -0.2) is 0 Å². The molecule has 0 aliphatic heterocycles. The highest BCUT2D eigenvalue weighted by atomic mass is 79.9. The molecule has 0 saturated carbocycles. The van der Waals surface area contributed by atoms with Crippen molar-refractivity contribution in [3.05, 3.63) is 42.5 Å². The van der Waals surface area contributed by atoms with Crippen molar-refractivity contribution in [3.63, 3.8) is 0 Å². The minimum absolute atomic E-state index is 0.0915. The molecular weight excluding hydrogens is 290 g/mol. The third-order valence-corrected chi connectivity index (χ3v) is 3.37. The molecule has 0 N–H and O–H groups in total. The molecule has 1 amide bonds. The Kier molecular flexibility index (Phi) is 4.02. The second kappa shape index (κ2) is 5.53. The van der Waals surface area contributed by atoms with Crippen molar-refractivity contribution < 1.29 is 4.79 Å². The number of alkyl halides is 1. The molecule has 0 bridgehead atoms. The van der Waals surface area contributed by atoms with Crippen LogP contribution in [0.1, 0.15) is 13.8 Å². The lowest BCUT2D eigenvalue weighted by molar-refractivity contribution is -0.117. The van der Waals surface area contributed by atoms with Gasteiger partial charge < -0.3 is 4.90 Å². The highest BCUT2D eigenvalue weighted by molar-refractivity contribution is 9.10. The van der Waals surface area contributed by atoms with Crippen LogP contribution in [-0.4, -0.2) is 17.3 Å². The van der Waals surface area contributed by atoms with Crippen LogP contribution in [0.5, 0.6) is 0 Å². The van der Waals surface area contributed by atoms with E-state index in [9.17, 15) is 4.79 Å². The topological polar surface area (TPSA) is 20.3 Å². The molecule has 1 atom stereocenters. The normalized spacial score (nSPS) is 12.4. The molecular formula is C15H16BrNO. The van der Waals surface area contributed by atoms with Gasteiger partial charge in [0, 0.05) is 11.9 Å². The predicted octanol–water partition coefficient (Wildman–Crippen LogP) is 3.98. The third kappa shape index (κ3) is 2.41. The molecule has 18 heavy (non-hydrogen) atoms. The van der Waals surface area contributed by atoms with Crippen molar-refractivity contribution in [1.82, 2.24) is 0 Å². The first-order valence-corrected chi connectivity index (χ1v) is 7.00. The van der Waals surface area contributed by atoms with Gasteiger partial charge in [0.05, 0.1) is 10.5 Å². The van der Waals surface area contributed by atoms with E-state index in [4.69, 9.17) is 0 Å². The highest BCUT2D eigenvalue weighted by Crippen LogP contribution is 2.27. The van der Waals surface area contributed by atoms with E-state index in [1.54, 1.807) is 0 Å². The van der Waals surface area contributed by atoms with Crippen LogP contribution in [0.2, 0.25) is 0 Å². The summed E-state index contributed by atoms with van der Waals surface area (Å²) in [6.07, 6.45) is 0. The van der Waals surface area contributed by atoms with Gasteiger partial charge in [0.25, 0.3) is 0 Å². The molecule has 0 fully saturated rings. The Morgan fingerprint density at radius 3 is 2.56 bits per heavy atom. The molecule has 0 aliphatic rings. The summed E-state index contributed by atoms with van der Waals surface area (Å²) < 4.78 is 0. The van der Waals surface area contributed by atoms with E-state index in [0.717, 1.165) is 16.5 Å². The van der Waals surface area contributed by atoms with Crippen molar-refractivity contribution >= 4 is 38.3 Å². The SMILES string of the molecule is CCN(C(=O)C(C)Br)c1cccc2ccccc12. The molecule has 2 aromatic rings. The molecule has 2 aromatic carbocycles. The monoisotopic (exact) mass is 305 g/mol. The molecule has 0 heterocycles. The maximum atomic E-state index is 12.2. The van der Waals surface area contributed by atoms with Crippen LogP contribution in [0.3, 0.4) is 0 Å². The summed E-state index contributed by atoms with van der Waals surface area (Å²) in [5, 5.41) is 2.27. The van der Waals surface area contributed by atoms with Crippen molar-refractivity contribution in [2.45, 2.75) is 18.7 Å². The van der Waals surface area contributed by atoms with Crippen molar-refractivity contribution in [3.8, 4) is 0 Å². The molecule has 0 saturated heterocycles. The highest BCUT2D eigenvalue weighted by Gasteiger charge is 2.19. The Morgan fingerprint density at radius 2 is 1.89 bits per heavy atom. The molecule has 0 radical (unpaired) electrons. The lowest BCUT2D eigenvalue weighted by Crippen LogP contribution is -2.35. The minimum Gasteiger partial charge on any atom is -0.311 e. The summed E-state index contributed by atoms with van der Waals surface area (Å²) in [6.45, 7) is 4.52. The number of benzene rings is 2. The molecule has 2 nitrogen and oxygen atoms in total. The first-order valence-electron chi connectivity index (χ1n) is 6.08. The zero-order valence-electron chi connectivity index (χ0n) is 10.6. The quantitative estimate of drug-likeness (QED) is 0.786. The summed E-state index contributed by atoms with van der Waals surface area (Å²) in [6, 6.07) is 14.2. The number of nitrogens with zero attached hydrogens (tertiary/aromatic N) is 1. The fraction of sp³-hybridized carbons (Fsp3) is 0.267. The van der Waals surface area contributed by atoms with Gasteiger partial charge in [0.15, 0.2) is 0 Å². The van der Waals surface area contributed by atoms with Gasteiger partial charge in [-0.15, -0.1) is 0 Å². The van der Waals surface area contributed by atoms with Crippen molar-refractivity contribution in [1.29, 1.82) is 0 Å². The van der Waals surface area contributed by atoms with Gasteiger partial charge in [0.2, 0.25) is 5.91 Å². The number of hydrogen-bond acceptors (Lipinski definition) is 1. The van der Waals surface area contributed by atoms with E-state index >= 15 is 0 Å². The van der Waals surface area contributed by atoms with Crippen LogP contribution in [0, 0.1) is 0 Å². The lowest BCUT2D eigenvalue weighted by atomic mass is 10.1. The van der Waals surface area contributed by atoms with Gasteiger partial charge in [-0.2, -0.15) is 0 Å². The second-order valence-electron chi connectivity index (χ2n) is 4.20. The third-order valence-electron chi connectivity index (χ3n) is 2.98. The molecule has 0 aliphatic carbocycles. The van der Waals surface area contributed by atoms with E-state index in [-0.39, 0.29) is 10.7 Å². The van der Waals surface area contributed by atoms with Crippen LogP contribution < -0.4 is 4.90 Å². The van der Waals surface area contributed by atoms with Crippen LogP contribution in [0.15, 0.2) is 42.5 Å². The predicted molar refractivity (Wildman–Crippen MR) is 80.4 cm³/mol. The molecule has 2 rings (SSSR count). The second-order valence-corrected chi connectivity index (χ2v) is 5.57. The van der Waals surface area contributed by atoms with Crippen molar-refractivity contribution in [2.24, 2.45) is 0 Å². The standard InChI is InChI=1S/C15H16BrNO/c1-3-17(15(18)11(2)16)14-10-6-8-12-7-4-5-9-13(12)14/h4-11H,3H2,1-2H3. The smallest absolute Gasteiger partial charge is 0.240 e. The van der Waals surface area contributed by atoms with Crippen LogP contribution in [0.4, 0.5) is 5.69 Å². The van der Waals surface area contributed by atoms with Crippen LogP contribution >= 0.6 is 15.9 Å². The Bertz CT molecular complexity index is 560. The van der Waals surface area contributed by atoms with E-state index in [1.165, 1.54) is 0 Å². The summed E-state index contributed by atoms with van der Waals surface area (Å²) in [5.41, 5.74) is 0.979. The first-order chi connectivity index (χ1) is 8.65. The van der Waals surface area contributed by atoms with E-state index in [2.05, 4.69) is 34.1 Å². The number of amides is 1. The fourth-order valence-electron chi connectivity index (χ4n) is 2.10. The largest absolute Gasteiger partial charge is 0.311 e. The fourth-order valence-corrected chi connectivity index (χ4v) is 2.35. The number of fused-ring (bicyclic) bond motifs is 1. The lowest BCUT2D eigenvalue weighted by Gasteiger charge is -2.24. The summed E-state index contributed by atoms with van der Waals surface area (Å²) in [7, 11) is 0. The summed E-state index contributed by atoms with van der Waals surface area (Å²) in [5.74, 6) is 0.0915. The van der Waals surface area contributed by atoms with Crippen molar-refractivity contribution in [2.75, 3.05) is 11.4 Å². The number of anilines is 1. The minimum atomic E-state index is -0.170. The number of rotatable bonds is 3. The molecule has 1 unspecified atom stereocenters. The van der Waals surface area contributed by atoms with Gasteiger partial charge in [-0.3, -0.25) is 4.79 Å². The zero-order valence-corrected chi connectivity index (χ0v) is 12.1. The van der Waals surface area contributed by atoms with Gasteiger partial charge in [-0.05, 0) is 25.3 Å². The van der Waals surface area contributed by atoms with E-state index in [1.807, 2.05) is 43.0 Å². The van der Waals surface area contributed by atoms with Gasteiger partial charge in [0.1, 0.15) is 0 Å². The van der Waals surface area contributed by atoms with Gasteiger partial charge >= 0.3 is 0 Å². The van der Waals surface area contributed by atoms with Gasteiger partial charge in [-0.1, -0.05) is 52.3 Å². The Labute approximate surface area is 116 Å².